The second kappa shape index (κ2) is 13.2. The third-order valence-corrected chi connectivity index (χ3v) is 7.60. The molecule has 1 aliphatic heterocycles. The number of carbonyl (C=O) groups is 2. The Hall–Kier alpha value is -3.83. The zero-order valence-electron chi connectivity index (χ0n) is 22.5. The fourth-order valence-electron chi connectivity index (χ4n) is 4.51. The number of aryl methyl sites for hydroxylation is 1. The smallest absolute Gasteiger partial charge is 0.286 e. The average Bonchev–Trinajstić information content (AvgIpc) is 3.50. The van der Waals surface area contributed by atoms with Crippen molar-refractivity contribution in [3.05, 3.63) is 108 Å². The number of hydrogen-bond donors (Lipinski definition) is 1. The summed E-state index contributed by atoms with van der Waals surface area (Å²) < 4.78 is 14.1. The lowest BCUT2D eigenvalue weighted by Crippen LogP contribution is -2.25. The normalized spacial score (nSPS) is 14.4. The van der Waals surface area contributed by atoms with Gasteiger partial charge in [-0.2, -0.15) is 0 Å². The van der Waals surface area contributed by atoms with Crippen LogP contribution in [0.25, 0.3) is 22.2 Å². The molecule has 1 unspecified atom stereocenters. The van der Waals surface area contributed by atoms with Crippen molar-refractivity contribution in [2.45, 2.75) is 18.3 Å². The van der Waals surface area contributed by atoms with Gasteiger partial charge in [-0.25, -0.2) is 4.98 Å². The van der Waals surface area contributed by atoms with Crippen LogP contribution in [0.3, 0.4) is 0 Å². The van der Waals surface area contributed by atoms with Crippen LogP contribution in [0.2, 0.25) is 0 Å². The van der Waals surface area contributed by atoms with Gasteiger partial charge in [0.05, 0.1) is 16.3 Å². The first-order chi connectivity index (χ1) is 20.0. The molecule has 0 saturated carbocycles. The molecule has 1 aliphatic rings. The summed E-state index contributed by atoms with van der Waals surface area (Å²) >= 11 is 3.18. The first-order valence-corrected chi connectivity index (χ1v) is 16.0. The molecule has 9 heteroatoms. The minimum atomic E-state index is -0.383. The summed E-state index contributed by atoms with van der Waals surface area (Å²) in [7, 11) is 1.96. The van der Waals surface area contributed by atoms with Crippen molar-refractivity contribution in [3.63, 3.8) is 0 Å². The summed E-state index contributed by atoms with van der Waals surface area (Å²) in [6.07, 6.45) is 0.495. The third-order valence-electron chi connectivity index (χ3n) is 6.62. The van der Waals surface area contributed by atoms with Gasteiger partial charge in [0.15, 0.2) is 0 Å². The first-order valence-electron chi connectivity index (χ1n) is 12.9. The Morgan fingerprint density at radius 1 is 0.854 bits per heavy atom. The Balaban J connectivity index is 0.00000165. The number of halogens is 1. The van der Waals surface area contributed by atoms with Crippen LogP contribution in [0.5, 0.6) is 17.2 Å². The van der Waals surface area contributed by atoms with Gasteiger partial charge in [-0.15, -0.1) is 0 Å². The second-order valence-corrected chi connectivity index (χ2v) is 10.4. The second-order valence-electron chi connectivity index (χ2n) is 9.25. The van der Waals surface area contributed by atoms with Gasteiger partial charge >= 0.3 is 0 Å². The number of alkyl halides is 1. The highest BCUT2D eigenvalue weighted by molar-refractivity contribution is 14.1. The SMILES string of the molecule is CI.Cn1c(COc2ccc(CC3SC(=O)NC3=O)cc2)nc2ccc(Oc3ccc(-c4ccccc4)cc3)cc21. The van der Waals surface area contributed by atoms with Crippen molar-refractivity contribution in [1.82, 2.24) is 14.9 Å². The molecule has 1 N–H and O–H groups in total. The highest BCUT2D eigenvalue weighted by atomic mass is 127. The summed E-state index contributed by atoms with van der Waals surface area (Å²) in [6.45, 7) is 0.303. The lowest BCUT2D eigenvalue weighted by atomic mass is 10.1. The third kappa shape index (κ3) is 6.91. The van der Waals surface area contributed by atoms with Crippen LogP contribution in [-0.4, -0.2) is 30.9 Å². The summed E-state index contributed by atoms with van der Waals surface area (Å²) in [5.41, 5.74) is 5.08. The predicted molar refractivity (Wildman–Crippen MR) is 172 cm³/mol. The minimum Gasteiger partial charge on any atom is -0.486 e. The van der Waals surface area contributed by atoms with Gasteiger partial charge in [-0.05, 0) is 64.4 Å². The summed E-state index contributed by atoms with van der Waals surface area (Å²) in [6, 6.07) is 31.7. The quantitative estimate of drug-likeness (QED) is 0.135. The number of hydrogen-bond acceptors (Lipinski definition) is 6. The number of imidazole rings is 1. The van der Waals surface area contributed by atoms with E-state index in [9.17, 15) is 9.59 Å². The molecule has 1 atom stereocenters. The Morgan fingerprint density at radius 2 is 1.51 bits per heavy atom. The largest absolute Gasteiger partial charge is 0.486 e. The lowest BCUT2D eigenvalue weighted by molar-refractivity contribution is -0.118. The number of thioether (sulfide) groups is 1. The Bertz CT molecular complexity index is 1660. The van der Waals surface area contributed by atoms with Crippen molar-refractivity contribution in [2.24, 2.45) is 7.05 Å². The van der Waals surface area contributed by atoms with E-state index in [2.05, 4.69) is 52.2 Å². The predicted octanol–water partition coefficient (Wildman–Crippen LogP) is 7.56. The van der Waals surface area contributed by atoms with E-state index in [1.807, 2.05) is 89.3 Å². The van der Waals surface area contributed by atoms with Crippen molar-refractivity contribution in [3.8, 4) is 28.4 Å². The van der Waals surface area contributed by atoms with Crippen LogP contribution in [0.15, 0.2) is 97.1 Å². The molecular weight excluding hydrogens is 649 g/mol. The molecule has 1 aromatic heterocycles. The maximum absolute atomic E-state index is 11.8. The van der Waals surface area contributed by atoms with Crippen molar-refractivity contribution >= 4 is 56.5 Å². The van der Waals surface area contributed by atoms with E-state index in [-0.39, 0.29) is 16.4 Å². The molecule has 208 valence electrons. The van der Waals surface area contributed by atoms with Gasteiger partial charge < -0.3 is 14.0 Å². The van der Waals surface area contributed by atoms with Crippen molar-refractivity contribution in [1.29, 1.82) is 0 Å². The summed E-state index contributed by atoms with van der Waals surface area (Å²) in [5.74, 6) is 2.75. The number of nitrogens with one attached hydrogen (secondary N) is 1. The Kier molecular flexibility index (Phi) is 9.25. The van der Waals surface area contributed by atoms with E-state index in [1.54, 1.807) is 0 Å². The topological polar surface area (TPSA) is 82.5 Å². The van der Waals surface area contributed by atoms with Crippen LogP contribution in [0.4, 0.5) is 4.79 Å². The zero-order valence-corrected chi connectivity index (χ0v) is 25.5. The number of rotatable bonds is 8. The highest BCUT2D eigenvalue weighted by Gasteiger charge is 2.31. The molecule has 0 radical (unpaired) electrons. The Morgan fingerprint density at radius 3 is 2.20 bits per heavy atom. The fourth-order valence-corrected chi connectivity index (χ4v) is 5.37. The standard InChI is InChI=1S/C31H25N3O4S.CH3I/c1-34-27-18-25(38-24-13-9-22(10-14-24)21-5-3-2-4-6-21)15-16-26(27)32-29(34)19-37-23-11-7-20(8-12-23)17-28-30(35)33-31(36)39-28;1-2/h2-16,18,28H,17,19H2,1H3,(H,33,35,36);1H3. The van der Waals surface area contributed by atoms with Crippen LogP contribution in [0.1, 0.15) is 11.4 Å². The molecule has 0 aliphatic carbocycles. The lowest BCUT2D eigenvalue weighted by Gasteiger charge is -2.09. The number of nitrogens with zero attached hydrogens (tertiary/aromatic N) is 2. The number of aromatic nitrogens is 2. The molecule has 1 saturated heterocycles. The zero-order chi connectivity index (χ0) is 28.8. The van der Waals surface area contributed by atoms with E-state index in [0.29, 0.717) is 18.8 Å². The molecule has 1 fully saturated rings. The highest BCUT2D eigenvalue weighted by Crippen LogP contribution is 2.29. The van der Waals surface area contributed by atoms with Gasteiger partial charge in [-0.3, -0.25) is 14.9 Å². The van der Waals surface area contributed by atoms with Crippen LogP contribution >= 0.6 is 34.4 Å². The number of amides is 2. The monoisotopic (exact) mass is 677 g/mol. The van der Waals surface area contributed by atoms with Gasteiger partial charge in [0, 0.05) is 13.1 Å². The number of carbonyl (C=O) groups excluding carboxylic acids is 2. The summed E-state index contributed by atoms with van der Waals surface area (Å²) in [4.78, 5) is 29.9. The van der Waals surface area contributed by atoms with E-state index in [0.717, 1.165) is 51.2 Å². The van der Waals surface area contributed by atoms with Crippen LogP contribution in [0, 0.1) is 0 Å². The fraction of sp³-hybridized carbons (Fsp3) is 0.156. The molecule has 6 rings (SSSR count). The van der Waals surface area contributed by atoms with E-state index in [4.69, 9.17) is 14.5 Å². The van der Waals surface area contributed by atoms with E-state index >= 15 is 0 Å². The first kappa shape index (κ1) is 28.7. The molecule has 2 amide bonds. The van der Waals surface area contributed by atoms with Gasteiger partial charge in [0.2, 0.25) is 5.91 Å². The number of fused-ring (bicyclic) bond motifs is 1. The molecule has 4 aromatic carbocycles. The molecule has 0 bridgehead atoms. The van der Waals surface area contributed by atoms with Gasteiger partial charge in [-0.1, -0.05) is 89.0 Å². The molecule has 5 aromatic rings. The maximum Gasteiger partial charge on any atom is 0.286 e. The molecule has 2 heterocycles. The van der Waals surface area contributed by atoms with Crippen molar-refractivity contribution < 1.29 is 19.1 Å². The minimum absolute atomic E-state index is 0.235. The van der Waals surface area contributed by atoms with Crippen LogP contribution in [-0.2, 0) is 24.9 Å². The number of imide groups is 1. The average molecular weight is 678 g/mol. The molecular formula is C32H28IN3O4S. The van der Waals surface area contributed by atoms with Crippen molar-refractivity contribution in [2.75, 3.05) is 4.93 Å². The van der Waals surface area contributed by atoms with E-state index < -0.39 is 0 Å². The molecule has 0 spiro atoms. The summed E-state index contributed by atoms with van der Waals surface area (Å²) in [5, 5.41) is 1.65. The maximum atomic E-state index is 11.8. The van der Waals surface area contributed by atoms with Gasteiger partial charge in [0.25, 0.3) is 5.24 Å². The molecule has 41 heavy (non-hydrogen) atoms. The van der Waals surface area contributed by atoms with Crippen LogP contribution < -0.4 is 14.8 Å². The number of benzene rings is 4. The molecule has 7 nitrogen and oxygen atoms in total. The van der Waals surface area contributed by atoms with Gasteiger partial charge in [0.1, 0.15) is 29.7 Å². The Labute approximate surface area is 256 Å². The number of ether oxygens (including phenoxy) is 2. The van der Waals surface area contributed by atoms with E-state index in [1.165, 1.54) is 5.56 Å².